The van der Waals surface area contributed by atoms with E-state index in [4.69, 9.17) is 21.4 Å². The van der Waals surface area contributed by atoms with Crippen molar-refractivity contribution in [3.05, 3.63) is 64.8 Å². The van der Waals surface area contributed by atoms with Crippen molar-refractivity contribution in [3.63, 3.8) is 0 Å². The summed E-state index contributed by atoms with van der Waals surface area (Å²) in [6.07, 6.45) is 1.34. The van der Waals surface area contributed by atoms with E-state index in [0.717, 1.165) is 35.3 Å². The Morgan fingerprint density at radius 1 is 1.03 bits per heavy atom. The monoisotopic (exact) mass is 423 g/mol. The molecule has 5 nitrogen and oxygen atoms in total. The van der Waals surface area contributed by atoms with Crippen LogP contribution in [0.4, 0.5) is 4.79 Å². The highest BCUT2D eigenvalue weighted by Crippen LogP contribution is 2.41. The number of ether oxygens (including phenoxy) is 1. The van der Waals surface area contributed by atoms with E-state index in [1.165, 1.54) is 5.56 Å². The van der Waals surface area contributed by atoms with Gasteiger partial charge in [0.25, 0.3) is 0 Å². The smallest absolute Gasteiger partial charge is 0.390 e. The zero-order valence-corrected chi connectivity index (χ0v) is 18.5. The Bertz CT molecular complexity index is 1060. The minimum absolute atomic E-state index is 0.0208. The van der Waals surface area contributed by atoms with Crippen LogP contribution < -0.4 is 4.74 Å². The van der Waals surface area contributed by atoms with E-state index in [1.807, 2.05) is 64.1 Å². The van der Waals surface area contributed by atoms with Crippen LogP contribution >= 0.6 is 11.6 Å². The number of carbonyl (C=O) groups is 1. The Labute approximate surface area is 182 Å². The second-order valence-corrected chi connectivity index (χ2v) is 8.57. The summed E-state index contributed by atoms with van der Waals surface area (Å²) >= 11 is 6.08. The van der Waals surface area contributed by atoms with Gasteiger partial charge in [0.1, 0.15) is 0 Å². The summed E-state index contributed by atoms with van der Waals surface area (Å²) in [7, 11) is 0. The van der Waals surface area contributed by atoms with E-state index in [9.17, 15) is 4.79 Å². The number of benzene rings is 2. The third-order valence-corrected chi connectivity index (χ3v) is 5.66. The summed E-state index contributed by atoms with van der Waals surface area (Å²) in [6, 6.07) is 15.7. The fourth-order valence-corrected chi connectivity index (χ4v) is 4.26. The van der Waals surface area contributed by atoms with Crippen LogP contribution in [0.15, 0.2) is 48.5 Å². The number of aromatic nitrogens is 2. The lowest BCUT2D eigenvalue weighted by molar-refractivity contribution is 0.120. The molecule has 1 heterocycles. The molecule has 0 bridgehead atoms. The standard InChI is InChI=1S/C24H26ClN3O2/c1-15(2)27(16(3)4)24(29)30-23-22-20-8-6-5-7-17(20)9-14-21(22)26-28(23)19-12-10-18(25)11-13-19/h5-8,10-13,15-16H,9,14H2,1-4H3. The van der Waals surface area contributed by atoms with Gasteiger partial charge < -0.3 is 9.64 Å². The first-order chi connectivity index (χ1) is 14.4. The summed E-state index contributed by atoms with van der Waals surface area (Å²) in [5.41, 5.74) is 4.94. The maximum atomic E-state index is 13.2. The maximum absolute atomic E-state index is 13.2. The number of carbonyl (C=O) groups excluding carboxylic acids is 1. The van der Waals surface area contributed by atoms with Crippen LogP contribution in [-0.2, 0) is 12.8 Å². The molecule has 0 fully saturated rings. The van der Waals surface area contributed by atoms with Gasteiger partial charge in [-0.15, -0.1) is 0 Å². The maximum Gasteiger partial charge on any atom is 0.417 e. The minimum atomic E-state index is -0.374. The van der Waals surface area contributed by atoms with Crippen LogP contribution in [0.3, 0.4) is 0 Å². The number of rotatable bonds is 4. The number of fused-ring (bicyclic) bond motifs is 3. The van der Waals surface area contributed by atoms with Crippen molar-refractivity contribution in [2.45, 2.75) is 52.6 Å². The Morgan fingerprint density at radius 3 is 2.37 bits per heavy atom. The van der Waals surface area contributed by atoms with Gasteiger partial charge in [-0.05, 0) is 75.9 Å². The zero-order chi connectivity index (χ0) is 21.4. The SMILES string of the molecule is CC(C)N(C(=O)Oc1c2c(nn1-c1ccc(Cl)cc1)CCc1ccccc1-2)C(C)C. The van der Waals surface area contributed by atoms with Gasteiger partial charge >= 0.3 is 6.09 Å². The first kappa shape index (κ1) is 20.5. The molecular weight excluding hydrogens is 398 g/mol. The van der Waals surface area contributed by atoms with Crippen molar-refractivity contribution >= 4 is 17.7 Å². The molecule has 30 heavy (non-hydrogen) atoms. The molecule has 6 heteroatoms. The molecule has 1 amide bonds. The van der Waals surface area contributed by atoms with Crippen molar-refractivity contribution in [3.8, 4) is 22.7 Å². The lowest BCUT2D eigenvalue weighted by Crippen LogP contribution is -2.44. The molecule has 156 valence electrons. The van der Waals surface area contributed by atoms with Crippen LogP contribution in [0.25, 0.3) is 16.8 Å². The molecule has 0 saturated heterocycles. The molecule has 2 aromatic carbocycles. The topological polar surface area (TPSA) is 47.4 Å². The van der Waals surface area contributed by atoms with Crippen LogP contribution in [0, 0.1) is 0 Å². The molecule has 0 aliphatic heterocycles. The van der Waals surface area contributed by atoms with E-state index >= 15 is 0 Å². The normalized spacial score (nSPS) is 12.6. The third kappa shape index (κ3) is 3.70. The van der Waals surface area contributed by atoms with E-state index < -0.39 is 0 Å². The highest BCUT2D eigenvalue weighted by Gasteiger charge is 2.30. The summed E-state index contributed by atoms with van der Waals surface area (Å²) in [6.45, 7) is 7.95. The average molecular weight is 424 g/mol. The first-order valence-electron chi connectivity index (χ1n) is 10.3. The number of halogens is 1. The molecular formula is C24H26ClN3O2. The second-order valence-electron chi connectivity index (χ2n) is 8.13. The van der Waals surface area contributed by atoms with Gasteiger partial charge in [0.15, 0.2) is 0 Å². The second kappa shape index (κ2) is 8.15. The predicted octanol–water partition coefficient (Wildman–Crippen LogP) is 5.91. The summed E-state index contributed by atoms with van der Waals surface area (Å²) in [4.78, 5) is 14.9. The van der Waals surface area contributed by atoms with Gasteiger partial charge in [-0.1, -0.05) is 35.9 Å². The van der Waals surface area contributed by atoms with Gasteiger partial charge in [0.05, 0.1) is 16.9 Å². The van der Waals surface area contributed by atoms with E-state index in [1.54, 1.807) is 9.58 Å². The molecule has 1 aliphatic carbocycles. The molecule has 0 radical (unpaired) electrons. The quantitative estimate of drug-likeness (QED) is 0.524. The van der Waals surface area contributed by atoms with E-state index in [0.29, 0.717) is 10.9 Å². The van der Waals surface area contributed by atoms with Crippen molar-refractivity contribution < 1.29 is 9.53 Å². The number of hydrogen-bond acceptors (Lipinski definition) is 3. The number of hydrogen-bond donors (Lipinski definition) is 0. The number of amides is 1. The Hall–Kier alpha value is -2.79. The fraction of sp³-hybridized carbons (Fsp3) is 0.333. The molecule has 3 aromatic rings. The summed E-state index contributed by atoms with van der Waals surface area (Å²) < 4.78 is 7.79. The largest absolute Gasteiger partial charge is 0.417 e. The van der Waals surface area contributed by atoms with Crippen LogP contribution in [-0.4, -0.2) is 32.9 Å². The van der Waals surface area contributed by atoms with Crippen molar-refractivity contribution in [1.29, 1.82) is 0 Å². The highest BCUT2D eigenvalue weighted by atomic mass is 35.5. The van der Waals surface area contributed by atoms with Crippen molar-refractivity contribution in [2.24, 2.45) is 0 Å². The van der Waals surface area contributed by atoms with Gasteiger partial charge in [-0.25, -0.2) is 4.79 Å². The molecule has 0 atom stereocenters. The Balaban J connectivity index is 1.86. The van der Waals surface area contributed by atoms with Gasteiger partial charge in [0, 0.05) is 17.1 Å². The lowest BCUT2D eigenvalue weighted by Gasteiger charge is -2.29. The molecule has 0 saturated carbocycles. The lowest BCUT2D eigenvalue weighted by atomic mass is 9.90. The molecule has 1 aliphatic rings. The van der Waals surface area contributed by atoms with Crippen LogP contribution in [0.1, 0.15) is 39.0 Å². The number of nitrogens with zero attached hydrogens (tertiary/aromatic N) is 3. The third-order valence-electron chi connectivity index (χ3n) is 5.41. The Kier molecular flexibility index (Phi) is 5.56. The molecule has 0 spiro atoms. The molecule has 4 rings (SSSR count). The zero-order valence-electron chi connectivity index (χ0n) is 17.7. The van der Waals surface area contributed by atoms with Gasteiger partial charge in [-0.2, -0.15) is 9.78 Å². The average Bonchev–Trinajstić information content (AvgIpc) is 3.06. The van der Waals surface area contributed by atoms with E-state index in [2.05, 4.69) is 12.1 Å². The van der Waals surface area contributed by atoms with Crippen LogP contribution in [0.2, 0.25) is 5.02 Å². The van der Waals surface area contributed by atoms with E-state index in [-0.39, 0.29) is 18.2 Å². The Morgan fingerprint density at radius 2 is 1.70 bits per heavy atom. The minimum Gasteiger partial charge on any atom is -0.390 e. The van der Waals surface area contributed by atoms with Gasteiger partial charge in [0.2, 0.25) is 5.88 Å². The summed E-state index contributed by atoms with van der Waals surface area (Å²) in [5.74, 6) is 0.454. The van der Waals surface area contributed by atoms with Crippen LogP contribution in [0.5, 0.6) is 5.88 Å². The molecule has 0 unspecified atom stereocenters. The predicted molar refractivity (Wildman–Crippen MR) is 120 cm³/mol. The fourth-order valence-electron chi connectivity index (χ4n) is 4.13. The molecule has 1 aromatic heterocycles. The van der Waals surface area contributed by atoms with Crippen molar-refractivity contribution in [1.82, 2.24) is 14.7 Å². The van der Waals surface area contributed by atoms with Crippen molar-refractivity contribution in [2.75, 3.05) is 0 Å². The first-order valence-corrected chi connectivity index (χ1v) is 10.7. The highest BCUT2D eigenvalue weighted by molar-refractivity contribution is 6.30. The van der Waals surface area contributed by atoms with Gasteiger partial charge in [-0.3, -0.25) is 0 Å². The summed E-state index contributed by atoms with van der Waals surface area (Å²) in [5, 5.41) is 5.47. The number of aryl methyl sites for hydroxylation is 2. The molecule has 0 N–H and O–H groups in total.